The molecule has 94 valence electrons. The molecule has 0 amide bonds. The maximum Gasteiger partial charge on any atom is 0.150 e. The number of nitrogens with zero attached hydrogens (tertiary/aromatic N) is 2. The topological polar surface area (TPSA) is 98.0 Å². The Bertz CT molecular complexity index is 506. The summed E-state index contributed by atoms with van der Waals surface area (Å²) in [5.74, 6) is 1.43. The van der Waals surface area contributed by atoms with Crippen molar-refractivity contribution in [2.45, 2.75) is 18.9 Å². The molecule has 2 heterocycles. The van der Waals surface area contributed by atoms with E-state index >= 15 is 0 Å². The smallest absolute Gasteiger partial charge is 0.150 e. The molecule has 17 heavy (non-hydrogen) atoms. The minimum Gasteiger partial charge on any atom is -0.383 e. The summed E-state index contributed by atoms with van der Waals surface area (Å²) in [6.45, 7) is 0. The minimum absolute atomic E-state index is 0.115. The Morgan fingerprint density at radius 3 is 2.65 bits per heavy atom. The molecular formula is C9H13BrN4O2S. The molecule has 2 rings (SSSR count). The molecule has 1 aliphatic heterocycles. The highest BCUT2D eigenvalue weighted by molar-refractivity contribution is 9.10. The maximum absolute atomic E-state index is 11.3. The number of nitrogen functional groups attached to an aromatic ring is 1. The van der Waals surface area contributed by atoms with E-state index in [0.717, 1.165) is 0 Å². The van der Waals surface area contributed by atoms with Gasteiger partial charge in [0.05, 0.1) is 11.5 Å². The number of nitrogens with one attached hydrogen (secondary N) is 1. The number of sulfone groups is 1. The van der Waals surface area contributed by atoms with E-state index in [1.54, 1.807) is 0 Å². The summed E-state index contributed by atoms with van der Waals surface area (Å²) < 4.78 is 23.2. The second kappa shape index (κ2) is 4.77. The summed E-state index contributed by atoms with van der Waals surface area (Å²) in [5.41, 5.74) is 5.63. The van der Waals surface area contributed by atoms with Gasteiger partial charge >= 0.3 is 0 Å². The third kappa shape index (κ3) is 3.06. The van der Waals surface area contributed by atoms with Crippen LogP contribution in [0.4, 0.5) is 11.6 Å². The van der Waals surface area contributed by atoms with Crippen LogP contribution in [0, 0.1) is 0 Å². The van der Waals surface area contributed by atoms with Gasteiger partial charge in [-0.1, -0.05) is 0 Å². The first-order valence-electron chi connectivity index (χ1n) is 5.21. The predicted octanol–water partition coefficient (Wildman–Crippen LogP) is 0.810. The molecule has 0 radical (unpaired) electrons. The third-order valence-corrected chi connectivity index (χ3v) is 5.21. The second-order valence-electron chi connectivity index (χ2n) is 3.99. The quantitative estimate of drug-likeness (QED) is 0.836. The summed E-state index contributed by atoms with van der Waals surface area (Å²) in [6.07, 6.45) is 2.57. The zero-order chi connectivity index (χ0) is 12.5. The van der Waals surface area contributed by atoms with Crippen LogP contribution in [0.3, 0.4) is 0 Å². The molecule has 8 heteroatoms. The van der Waals surface area contributed by atoms with Gasteiger partial charge in [0.1, 0.15) is 32.3 Å². The molecule has 1 aromatic heterocycles. The maximum atomic E-state index is 11.3. The molecule has 0 atom stereocenters. The van der Waals surface area contributed by atoms with Crippen molar-refractivity contribution >= 4 is 37.4 Å². The van der Waals surface area contributed by atoms with Crippen molar-refractivity contribution in [1.29, 1.82) is 0 Å². The number of halogens is 1. The summed E-state index contributed by atoms with van der Waals surface area (Å²) in [6, 6.07) is 0.115. The minimum atomic E-state index is -2.84. The highest BCUT2D eigenvalue weighted by atomic mass is 79.9. The van der Waals surface area contributed by atoms with Gasteiger partial charge in [-0.05, 0) is 28.8 Å². The first-order valence-corrected chi connectivity index (χ1v) is 7.82. The lowest BCUT2D eigenvalue weighted by Crippen LogP contribution is -2.32. The fourth-order valence-corrected chi connectivity index (χ4v) is 3.52. The van der Waals surface area contributed by atoms with Gasteiger partial charge in [0, 0.05) is 6.04 Å². The number of aromatic nitrogens is 2. The van der Waals surface area contributed by atoms with Crippen LogP contribution in [0.5, 0.6) is 0 Å². The number of anilines is 2. The SMILES string of the molecule is Nc1ncnc(NC2CCS(=O)(=O)CC2)c1Br. The Hall–Kier alpha value is -0.890. The first kappa shape index (κ1) is 12.6. The van der Waals surface area contributed by atoms with E-state index in [1.165, 1.54) is 6.33 Å². The fraction of sp³-hybridized carbons (Fsp3) is 0.556. The second-order valence-corrected chi connectivity index (χ2v) is 7.09. The van der Waals surface area contributed by atoms with Crippen molar-refractivity contribution in [2.75, 3.05) is 22.6 Å². The van der Waals surface area contributed by atoms with Crippen molar-refractivity contribution in [3.63, 3.8) is 0 Å². The highest BCUT2D eigenvalue weighted by Gasteiger charge is 2.24. The molecule has 0 bridgehead atoms. The first-order chi connectivity index (χ1) is 7.98. The Labute approximate surface area is 108 Å². The van der Waals surface area contributed by atoms with E-state index in [1.807, 2.05) is 0 Å². The molecule has 0 unspecified atom stereocenters. The molecule has 1 aromatic rings. The van der Waals surface area contributed by atoms with Crippen LogP contribution in [0.15, 0.2) is 10.8 Å². The van der Waals surface area contributed by atoms with Crippen molar-refractivity contribution in [3.8, 4) is 0 Å². The monoisotopic (exact) mass is 320 g/mol. The number of hydrogen-bond acceptors (Lipinski definition) is 6. The molecule has 6 nitrogen and oxygen atoms in total. The zero-order valence-corrected chi connectivity index (χ0v) is 11.5. The van der Waals surface area contributed by atoms with Crippen LogP contribution in [-0.4, -0.2) is 35.9 Å². The third-order valence-electron chi connectivity index (χ3n) is 2.71. The van der Waals surface area contributed by atoms with Crippen molar-refractivity contribution in [1.82, 2.24) is 9.97 Å². The Morgan fingerprint density at radius 1 is 1.35 bits per heavy atom. The van der Waals surface area contributed by atoms with E-state index < -0.39 is 9.84 Å². The highest BCUT2D eigenvalue weighted by Crippen LogP contribution is 2.26. The van der Waals surface area contributed by atoms with Gasteiger partial charge < -0.3 is 11.1 Å². The Kier molecular flexibility index (Phi) is 3.53. The molecule has 0 spiro atoms. The lowest BCUT2D eigenvalue weighted by Gasteiger charge is -2.23. The summed E-state index contributed by atoms with van der Waals surface area (Å²) in [7, 11) is -2.84. The molecule has 1 saturated heterocycles. The Balaban J connectivity index is 2.05. The molecule has 3 N–H and O–H groups in total. The summed E-state index contributed by atoms with van der Waals surface area (Å²) in [5, 5.41) is 3.19. The lowest BCUT2D eigenvalue weighted by molar-refractivity contribution is 0.559. The van der Waals surface area contributed by atoms with Crippen LogP contribution in [0.2, 0.25) is 0 Å². The van der Waals surface area contributed by atoms with Crippen LogP contribution in [0.25, 0.3) is 0 Å². The van der Waals surface area contributed by atoms with Gasteiger partial charge in [-0.3, -0.25) is 0 Å². The predicted molar refractivity (Wildman–Crippen MR) is 69.4 cm³/mol. The Morgan fingerprint density at radius 2 is 2.00 bits per heavy atom. The molecule has 0 aliphatic carbocycles. The molecule has 0 saturated carbocycles. The van der Waals surface area contributed by atoms with Gasteiger partial charge in [-0.15, -0.1) is 0 Å². The van der Waals surface area contributed by atoms with E-state index in [9.17, 15) is 8.42 Å². The largest absolute Gasteiger partial charge is 0.383 e. The van der Waals surface area contributed by atoms with Gasteiger partial charge in [-0.2, -0.15) is 0 Å². The van der Waals surface area contributed by atoms with Crippen molar-refractivity contribution in [2.24, 2.45) is 0 Å². The van der Waals surface area contributed by atoms with Gasteiger partial charge in [0.2, 0.25) is 0 Å². The summed E-state index contributed by atoms with van der Waals surface area (Å²) >= 11 is 3.30. The van der Waals surface area contributed by atoms with E-state index in [-0.39, 0.29) is 17.5 Å². The zero-order valence-electron chi connectivity index (χ0n) is 9.06. The molecule has 1 fully saturated rings. The number of nitrogens with two attached hydrogens (primary N) is 1. The van der Waals surface area contributed by atoms with E-state index in [4.69, 9.17) is 5.73 Å². The van der Waals surface area contributed by atoms with E-state index in [2.05, 4.69) is 31.2 Å². The molecular weight excluding hydrogens is 308 g/mol. The van der Waals surface area contributed by atoms with Gasteiger partial charge in [0.15, 0.2) is 0 Å². The molecule has 1 aliphatic rings. The average molecular weight is 321 g/mol. The number of rotatable bonds is 2. The van der Waals surface area contributed by atoms with Crippen LogP contribution < -0.4 is 11.1 Å². The summed E-state index contributed by atoms with van der Waals surface area (Å²) in [4.78, 5) is 7.91. The molecule has 0 aromatic carbocycles. The van der Waals surface area contributed by atoms with Crippen LogP contribution in [0.1, 0.15) is 12.8 Å². The standard InChI is InChI=1S/C9H13BrN4O2S/c10-7-8(11)12-5-13-9(7)14-6-1-3-17(15,16)4-2-6/h5-6H,1-4H2,(H3,11,12,13,14). The van der Waals surface area contributed by atoms with Crippen LogP contribution >= 0.6 is 15.9 Å². The van der Waals surface area contributed by atoms with E-state index in [0.29, 0.717) is 29.0 Å². The van der Waals surface area contributed by atoms with Gasteiger partial charge in [0.25, 0.3) is 0 Å². The van der Waals surface area contributed by atoms with Crippen molar-refractivity contribution < 1.29 is 8.42 Å². The van der Waals surface area contributed by atoms with Gasteiger partial charge in [-0.25, -0.2) is 18.4 Å². The average Bonchev–Trinajstić information content (AvgIpc) is 2.27. The van der Waals surface area contributed by atoms with Crippen LogP contribution in [-0.2, 0) is 9.84 Å². The lowest BCUT2D eigenvalue weighted by atomic mass is 10.1. The number of hydrogen-bond donors (Lipinski definition) is 2. The van der Waals surface area contributed by atoms with Crippen molar-refractivity contribution in [3.05, 3.63) is 10.8 Å². The normalized spacial score (nSPS) is 20.1. The fourth-order valence-electron chi connectivity index (χ4n) is 1.71.